The molecule has 3 rings (SSSR count). The maximum atomic E-state index is 12.7. The van der Waals surface area contributed by atoms with Gasteiger partial charge in [0.15, 0.2) is 0 Å². The first-order chi connectivity index (χ1) is 13.7. The Hall–Kier alpha value is -2.82. The van der Waals surface area contributed by atoms with Crippen molar-refractivity contribution >= 4 is 12.0 Å². The molecule has 2 aromatic carbocycles. The maximum absolute atomic E-state index is 12.7. The fourth-order valence-corrected chi connectivity index (χ4v) is 3.50. The molecule has 0 heterocycles. The second-order valence-electron chi connectivity index (χ2n) is 7.29. The van der Waals surface area contributed by atoms with Crippen LogP contribution in [0.2, 0.25) is 0 Å². The van der Waals surface area contributed by atoms with Gasteiger partial charge in [0.05, 0.1) is 0 Å². The predicted octanol–water partition coefficient (Wildman–Crippen LogP) is 3.97. The molecule has 2 amide bonds. The van der Waals surface area contributed by atoms with Gasteiger partial charge in [-0.05, 0) is 24.0 Å². The number of esters is 1. The van der Waals surface area contributed by atoms with Crippen LogP contribution in [0.25, 0.3) is 0 Å². The molecule has 0 unspecified atom stereocenters. The van der Waals surface area contributed by atoms with Crippen LogP contribution in [0.5, 0.6) is 0 Å². The van der Waals surface area contributed by atoms with Crippen LogP contribution in [0.15, 0.2) is 60.7 Å². The van der Waals surface area contributed by atoms with Crippen molar-refractivity contribution in [2.24, 2.45) is 0 Å². The lowest BCUT2D eigenvalue weighted by molar-refractivity contribution is -0.147. The highest BCUT2D eigenvalue weighted by Gasteiger charge is 2.24. The molecule has 148 valence electrons. The summed E-state index contributed by atoms with van der Waals surface area (Å²) in [6.07, 6.45) is 5.88. The quantitative estimate of drug-likeness (QED) is 0.714. The van der Waals surface area contributed by atoms with Crippen molar-refractivity contribution in [1.82, 2.24) is 10.6 Å². The fourth-order valence-electron chi connectivity index (χ4n) is 3.50. The first-order valence-corrected chi connectivity index (χ1v) is 10.0. The third-order valence-electron chi connectivity index (χ3n) is 5.04. The minimum Gasteiger partial charge on any atom is -0.459 e. The van der Waals surface area contributed by atoms with Crippen molar-refractivity contribution in [2.75, 3.05) is 0 Å². The number of carbonyl (C=O) groups excluding carboxylic acids is 2. The molecule has 1 aliphatic rings. The highest BCUT2D eigenvalue weighted by atomic mass is 16.5. The van der Waals surface area contributed by atoms with Crippen LogP contribution in [0.1, 0.15) is 43.2 Å². The standard InChI is InChI=1S/C23H28N2O3/c26-22(28-17-19-12-6-2-7-13-19)21(16-18-10-4-1-5-11-18)25-23(27)24-20-14-8-3-9-15-20/h1-2,4-7,10-13,20-21H,3,8-9,14-17H2,(H2,24,25,27)/t21-/m0/s1. The van der Waals surface area contributed by atoms with Crippen LogP contribution in [-0.4, -0.2) is 24.1 Å². The number of benzene rings is 2. The zero-order valence-corrected chi connectivity index (χ0v) is 16.1. The second kappa shape index (κ2) is 10.5. The Morgan fingerprint density at radius 1 is 0.893 bits per heavy atom. The summed E-state index contributed by atoms with van der Waals surface area (Å²) in [5.74, 6) is -0.425. The van der Waals surface area contributed by atoms with Crippen LogP contribution < -0.4 is 10.6 Å². The first-order valence-electron chi connectivity index (χ1n) is 10.0. The van der Waals surface area contributed by atoms with E-state index in [-0.39, 0.29) is 18.7 Å². The molecule has 1 saturated carbocycles. The van der Waals surface area contributed by atoms with Crippen molar-refractivity contribution in [3.63, 3.8) is 0 Å². The number of urea groups is 1. The fraction of sp³-hybridized carbons (Fsp3) is 0.391. The minimum atomic E-state index is -0.727. The number of amides is 2. The Balaban J connectivity index is 1.60. The average molecular weight is 380 g/mol. The van der Waals surface area contributed by atoms with E-state index < -0.39 is 12.0 Å². The SMILES string of the molecule is O=C(NC1CCCCC1)N[C@@H](Cc1ccccc1)C(=O)OCc1ccccc1. The smallest absolute Gasteiger partial charge is 0.329 e. The molecule has 5 heteroatoms. The number of carbonyl (C=O) groups is 2. The van der Waals surface area contributed by atoms with Gasteiger partial charge < -0.3 is 15.4 Å². The largest absolute Gasteiger partial charge is 0.459 e. The summed E-state index contributed by atoms with van der Waals surface area (Å²) in [6, 6.07) is 18.3. The molecule has 2 N–H and O–H groups in total. The lowest BCUT2D eigenvalue weighted by Crippen LogP contribution is -2.50. The molecule has 2 aromatic rings. The molecular weight excluding hydrogens is 352 g/mol. The lowest BCUT2D eigenvalue weighted by Gasteiger charge is -2.24. The number of ether oxygens (including phenoxy) is 1. The maximum Gasteiger partial charge on any atom is 0.329 e. The summed E-state index contributed by atoms with van der Waals surface area (Å²) in [7, 11) is 0. The molecule has 1 atom stereocenters. The van der Waals surface area contributed by atoms with Crippen LogP contribution in [0.4, 0.5) is 4.79 Å². The van der Waals surface area contributed by atoms with E-state index >= 15 is 0 Å². The Labute approximate surface area is 166 Å². The number of nitrogens with one attached hydrogen (secondary N) is 2. The van der Waals surface area contributed by atoms with Crippen LogP contribution in [0, 0.1) is 0 Å². The van der Waals surface area contributed by atoms with Gasteiger partial charge in [-0.2, -0.15) is 0 Å². The predicted molar refractivity (Wildman–Crippen MR) is 109 cm³/mol. The van der Waals surface area contributed by atoms with Gasteiger partial charge in [-0.25, -0.2) is 9.59 Å². The second-order valence-corrected chi connectivity index (χ2v) is 7.29. The van der Waals surface area contributed by atoms with Crippen molar-refractivity contribution in [2.45, 2.75) is 57.2 Å². The Bertz CT molecular complexity index is 743. The van der Waals surface area contributed by atoms with Crippen LogP contribution in [0.3, 0.4) is 0 Å². The summed E-state index contributed by atoms with van der Waals surface area (Å²) >= 11 is 0. The minimum absolute atomic E-state index is 0.187. The van der Waals surface area contributed by atoms with E-state index in [1.807, 2.05) is 60.7 Å². The van der Waals surface area contributed by atoms with E-state index in [2.05, 4.69) is 10.6 Å². The third-order valence-corrected chi connectivity index (χ3v) is 5.04. The normalized spacial score (nSPS) is 15.4. The molecule has 0 bridgehead atoms. The zero-order chi connectivity index (χ0) is 19.6. The average Bonchev–Trinajstić information content (AvgIpc) is 2.74. The van der Waals surface area contributed by atoms with Crippen molar-refractivity contribution in [3.8, 4) is 0 Å². The van der Waals surface area contributed by atoms with Crippen molar-refractivity contribution < 1.29 is 14.3 Å². The molecule has 1 aliphatic carbocycles. The number of hydrogen-bond donors (Lipinski definition) is 2. The summed E-state index contributed by atoms with van der Waals surface area (Å²) in [5, 5.41) is 5.83. The van der Waals surface area contributed by atoms with Crippen molar-refractivity contribution in [3.05, 3.63) is 71.8 Å². The van der Waals surface area contributed by atoms with Gasteiger partial charge in [0.2, 0.25) is 0 Å². The molecule has 1 fully saturated rings. The molecule has 0 spiro atoms. The number of rotatable bonds is 7. The van der Waals surface area contributed by atoms with E-state index in [9.17, 15) is 9.59 Å². The molecule has 28 heavy (non-hydrogen) atoms. The summed E-state index contributed by atoms with van der Waals surface area (Å²) < 4.78 is 5.47. The van der Waals surface area contributed by atoms with E-state index in [1.54, 1.807) is 0 Å². The van der Waals surface area contributed by atoms with Gasteiger partial charge in [-0.3, -0.25) is 0 Å². The van der Waals surface area contributed by atoms with E-state index in [1.165, 1.54) is 6.42 Å². The topological polar surface area (TPSA) is 67.4 Å². The Morgan fingerprint density at radius 3 is 2.14 bits per heavy atom. The van der Waals surface area contributed by atoms with E-state index in [0.29, 0.717) is 6.42 Å². The third kappa shape index (κ3) is 6.41. The number of hydrogen-bond acceptors (Lipinski definition) is 3. The summed E-state index contributed by atoms with van der Waals surface area (Å²) in [5.41, 5.74) is 1.89. The van der Waals surface area contributed by atoms with Gasteiger partial charge in [0.25, 0.3) is 0 Å². The van der Waals surface area contributed by atoms with Gasteiger partial charge in [-0.1, -0.05) is 79.9 Å². The van der Waals surface area contributed by atoms with E-state index in [4.69, 9.17) is 4.74 Å². The van der Waals surface area contributed by atoms with Gasteiger partial charge in [0.1, 0.15) is 12.6 Å². The summed E-state index contributed by atoms with van der Waals surface area (Å²) in [4.78, 5) is 25.1. The summed E-state index contributed by atoms with van der Waals surface area (Å²) in [6.45, 7) is 0.191. The lowest BCUT2D eigenvalue weighted by atomic mass is 9.96. The Kier molecular flexibility index (Phi) is 7.47. The molecule has 0 saturated heterocycles. The molecular formula is C23H28N2O3. The molecule has 5 nitrogen and oxygen atoms in total. The highest BCUT2D eigenvalue weighted by Crippen LogP contribution is 2.17. The van der Waals surface area contributed by atoms with Gasteiger partial charge in [-0.15, -0.1) is 0 Å². The van der Waals surface area contributed by atoms with Gasteiger partial charge in [0, 0.05) is 12.5 Å². The highest BCUT2D eigenvalue weighted by molar-refractivity contribution is 5.84. The van der Waals surface area contributed by atoms with Gasteiger partial charge >= 0.3 is 12.0 Å². The zero-order valence-electron chi connectivity index (χ0n) is 16.1. The van der Waals surface area contributed by atoms with Crippen molar-refractivity contribution in [1.29, 1.82) is 0 Å². The van der Waals surface area contributed by atoms with E-state index in [0.717, 1.165) is 36.8 Å². The Morgan fingerprint density at radius 2 is 1.50 bits per heavy atom. The molecule has 0 aliphatic heterocycles. The van der Waals surface area contributed by atoms with Crippen LogP contribution >= 0.6 is 0 Å². The molecule has 0 radical (unpaired) electrons. The first kappa shape index (κ1) is 19.9. The monoisotopic (exact) mass is 380 g/mol. The van der Waals surface area contributed by atoms with Crippen LogP contribution in [-0.2, 0) is 22.6 Å². The molecule has 0 aromatic heterocycles.